The van der Waals surface area contributed by atoms with Gasteiger partial charge in [0.1, 0.15) is 5.76 Å². The molecule has 2 amide bonds. The molecule has 4 rings (SSSR count). The number of nitrogens with zero attached hydrogens (tertiary/aromatic N) is 3. The number of oxazole rings is 1. The number of benzene rings is 1. The molecule has 31 heavy (non-hydrogen) atoms. The van der Waals surface area contributed by atoms with Gasteiger partial charge in [0, 0.05) is 36.9 Å². The molecule has 1 aliphatic heterocycles. The molecule has 3 heterocycles. The average molecular weight is 459 g/mol. The Morgan fingerprint density at radius 1 is 1.19 bits per heavy atom. The standard InChI is InChI=1S/C22H23ClN4O3S/c1-15-18(25-22(30-15)19-6-3-11-31-19)13-20(28)24-14-21(29)27-9-7-26(8-10-27)17-5-2-4-16(23)12-17/h2-6,11-12H,7-10,13-14H2,1H3,(H,24,28). The van der Waals surface area contributed by atoms with E-state index in [1.807, 2.05) is 41.8 Å². The van der Waals surface area contributed by atoms with Crippen LogP contribution in [0.3, 0.4) is 0 Å². The largest absolute Gasteiger partial charge is 0.440 e. The van der Waals surface area contributed by atoms with Gasteiger partial charge in [0.15, 0.2) is 0 Å². The molecule has 1 aliphatic rings. The molecular formula is C22H23ClN4O3S. The topological polar surface area (TPSA) is 78.7 Å². The maximum absolute atomic E-state index is 12.5. The highest BCUT2D eigenvalue weighted by Crippen LogP contribution is 2.26. The Kier molecular flexibility index (Phi) is 6.58. The van der Waals surface area contributed by atoms with Gasteiger partial charge in [-0.15, -0.1) is 11.3 Å². The van der Waals surface area contributed by atoms with Crippen molar-refractivity contribution in [3.63, 3.8) is 0 Å². The van der Waals surface area contributed by atoms with Gasteiger partial charge in [0.2, 0.25) is 17.7 Å². The highest BCUT2D eigenvalue weighted by molar-refractivity contribution is 7.13. The van der Waals surface area contributed by atoms with Crippen molar-refractivity contribution < 1.29 is 14.0 Å². The molecule has 1 N–H and O–H groups in total. The summed E-state index contributed by atoms with van der Waals surface area (Å²) in [5.41, 5.74) is 1.64. The maximum atomic E-state index is 12.5. The number of nitrogens with one attached hydrogen (secondary N) is 1. The molecule has 3 aromatic rings. The first-order chi connectivity index (χ1) is 15.0. The summed E-state index contributed by atoms with van der Waals surface area (Å²) < 4.78 is 5.67. The smallest absolute Gasteiger partial charge is 0.242 e. The minimum Gasteiger partial charge on any atom is -0.440 e. The van der Waals surface area contributed by atoms with Crippen LogP contribution in [0.2, 0.25) is 5.02 Å². The van der Waals surface area contributed by atoms with Crippen molar-refractivity contribution in [3.05, 3.63) is 58.3 Å². The normalized spacial score (nSPS) is 14.0. The summed E-state index contributed by atoms with van der Waals surface area (Å²) in [5, 5.41) is 5.35. The van der Waals surface area contributed by atoms with E-state index in [2.05, 4.69) is 15.2 Å². The van der Waals surface area contributed by atoms with E-state index in [0.717, 1.165) is 23.7 Å². The SMILES string of the molecule is Cc1oc(-c2cccs2)nc1CC(=O)NCC(=O)N1CCN(c2cccc(Cl)c2)CC1. The summed E-state index contributed by atoms with van der Waals surface area (Å²) in [5.74, 6) is 0.793. The van der Waals surface area contributed by atoms with Crippen LogP contribution in [0, 0.1) is 6.92 Å². The van der Waals surface area contributed by atoms with Crippen LogP contribution in [0.25, 0.3) is 10.8 Å². The predicted molar refractivity (Wildman–Crippen MR) is 122 cm³/mol. The van der Waals surface area contributed by atoms with E-state index in [1.165, 1.54) is 11.3 Å². The summed E-state index contributed by atoms with van der Waals surface area (Å²) in [6.45, 7) is 4.43. The summed E-state index contributed by atoms with van der Waals surface area (Å²) >= 11 is 7.60. The van der Waals surface area contributed by atoms with Gasteiger partial charge in [-0.3, -0.25) is 9.59 Å². The lowest BCUT2D eigenvalue weighted by atomic mass is 10.2. The fourth-order valence-corrected chi connectivity index (χ4v) is 4.32. The Bertz CT molecular complexity index is 1060. The summed E-state index contributed by atoms with van der Waals surface area (Å²) in [6.07, 6.45) is 0.0799. The summed E-state index contributed by atoms with van der Waals surface area (Å²) in [6, 6.07) is 11.5. The van der Waals surface area contributed by atoms with Crippen molar-refractivity contribution in [2.75, 3.05) is 37.6 Å². The van der Waals surface area contributed by atoms with Gasteiger partial charge in [-0.05, 0) is 36.6 Å². The third kappa shape index (κ3) is 5.26. The monoisotopic (exact) mass is 458 g/mol. The first-order valence-electron chi connectivity index (χ1n) is 10.0. The van der Waals surface area contributed by atoms with E-state index in [4.69, 9.17) is 16.0 Å². The molecule has 1 fully saturated rings. The molecule has 0 unspecified atom stereocenters. The molecule has 1 saturated heterocycles. The number of aryl methyl sites for hydroxylation is 1. The van der Waals surface area contributed by atoms with Gasteiger partial charge in [-0.2, -0.15) is 0 Å². The van der Waals surface area contributed by atoms with E-state index in [-0.39, 0.29) is 24.8 Å². The number of anilines is 1. The van der Waals surface area contributed by atoms with Crippen molar-refractivity contribution in [1.82, 2.24) is 15.2 Å². The minimum absolute atomic E-state index is 0.0231. The third-order valence-electron chi connectivity index (χ3n) is 5.20. The van der Waals surface area contributed by atoms with E-state index in [0.29, 0.717) is 35.5 Å². The maximum Gasteiger partial charge on any atom is 0.242 e. The molecule has 2 aromatic heterocycles. The van der Waals surface area contributed by atoms with Crippen LogP contribution in [0.15, 0.2) is 46.2 Å². The number of aromatic nitrogens is 1. The molecule has 9 heteroatoms. The Balaban J connectivity index is 1.24. The number of carbonyl (C=O) groups is 2. The number of thiophene rings is 1. The Morgan fingerprint density at radius 3 is 2.71 bits per heavy atom. The van der Waals surface area contributed by atoms with Gasteiger partial charge in [-0.25, -0.2) is 4.98 Å². The lowest BCUT2D eigenvalue weighted by Gasteiger charge is -2.36. The van der Waals surface area contributed by atoms with Crippen molar-refractivity contribution in [3.8, 4) is 10.8 Å². The predicted octanol–water partition coefficient (Wildman–Crippen LogP) is 3.37. The second-order valence-electron chi connectivity index (χ2n) is 7.30. The van der Waals surface area contributed by atoms with E-state index in [9.17, 15) is 9.59 Å². The highest BCUT2D eigenvalue weighted by Gasteiger charge is 2.22. The Hall–Kier alpha value is -2.84. The molecule has 0 spiro atoms. The van der Waals surface area contributed by atoms with Gasteiger partial charge in [0.05, 0.1) is 23.5 Å². The zero-order chi connectivity index (χ0) is 21.8. The number of carbonyl (C=O) groups excluding carboxylic acids is 2. The summed E-state index contributed by atoms with van der Waals surface area (Å²) in [7, 11) is 0. The van der Waals surface area contributed by atoms with Crippen LogP contribution in [0.5, 0.6) is 0 Å². The number of hydrogen-bond acceptors (Lipinski definition) is 6. The first kappa shape index (κ1) is 21.4. The van der Waals surface area contributed by atoms with Crippen LogP contribution in [-0.4, -0.2) is 54.4 Å². The molecule has 0 radical (unpaired) electrons. The lowest BCUT2D eigenvalue weighted by Crippen LogP contribution is -2.51. The Labute approximate surface area is 189 Å². The third-order valence-corrected chi connectivity index (χ3v) is 6.29. The number of hydrogen-bond donors (Lipinski definition) is 1. The van der Waals surface area contributed by atoms with Crippen molar-refractivity contribution >= 4 is 40.4 Å². The number of halogens is 1. The van der Waals surface area contributed by atoms with Crippen LogP contribution in [0.1, 0.15) is 11.5 Å². The van der Waals surface area contributed by atoms with Gasteiger partial charge in [-0.1, -0.05) is 23.7 Å². The first-order valence-corrected chi connectivity index (χ1v) is 11.3. The number of piperazine rings is 1. The van der Waals surface area contributed by atoms with E-state index >= 15 is 0 Å². The van der Waals surface area contributed by atoms with Crippen molar-refractivity contribution in [2.45, 2.75) is 13.3 Å². The van der Waals surface area contributed by atoms with Crippen molar-refractivity contribution in [1.29, 1.82) is 0 Å². The van der Waals surface area contributed by atoms with Gasteiger partial charge >= 0.3 is 0 Å². The second kappa shape index (κ2) is 9.53. The van der Waals surface area contributed by atoms with Crippen LogP contribution >= 0.6 is 22.9 Å². The van der Waals surface area contributed by atoms with Crippen LogP contribution < -0.4 is 10.2 Å². The second-order valence-corrected chi connectivity index (χ2v) is 8.68. The average Bonchev–Trinajstić information content (AvgIpc) is 3.42. The molecule has 162 valence electrons. The molecule has 7 nitrogen and oxygen atoms in total. The molecule has 0 aliphatic carbocycles. The summed E-state index contributed by atoms with van der Waals surface area (Å²) in [4.78, 5) is 34.2. The molecule has 0 saturated carbocycles. The van der Waals surface area contributed by atoms with E-state index in [1.54, 1.807) is 11.8 Å². The molecule has 0 atom stereocenters. The quantitative estimate of drug-likeness (QED) is 0.612. The Morgan fingerprint density at radius 2 is 2.00 bits per heavy atom. The zero-order valence-corrected chi connectivity index (χ0v) is 18.7. The highest BCUT2D eigenvalue weighted by atomic mass is 35.5. The molecule has 1 aromatic carbocycles. The van der Waals surface area contributed by atoms with Gasteiger partial charge < -0.3 is 19.5 Å². The fourth-order valence-electron chi connectivity index (χ4n) is 3.49. The number of amides is 2. The molecular weight excluding hydrogens is 436 g/mol. The zero-order valence-electron chi connectivity index (χ0n) is 17.1. The van der Waals surface area contributed by atoms with Gasteiger partial charge in [0.25, 0.3) is 0 Å². The fraction of sp³-hybridized carbons (Fsp3) is 0.318. The lowest BCUT2D eigenvalue weighted by molar-refractivity contribution is -0.133. The number of rotatable bonds is 6. The van der Waals surface area contributed by atoms with Crippen LogP contribution in [0.4, 0.5) is 5.69 Å². The van der Waals surface area contributed by atoms with E-state index < -0.39 is 0 Å². The molecule has 0 bridgehead atoms. The van der Waals surface area contributed by atoms with Crippen molar-refractivity contribution in [2.24, 2.45) is 0 Å². The van der Waals surface area contributed by atoms with Crippen LogP contribution in [-0.2, 0) is 16.0 Å². The minimum atomic E-state index is -0.250.